The number of carbonyl (C=O) groups is 3. The number of ether oxygens (including phenoxy) is 2. The number of imide groups is 1. The van der Waals surface area contributed by atoms with E-state index >= 15 is 0 Å². The Morgan fingerprint density at radius 1 is 1.17 bits per heavy atom. The smallest absolute Gasteiger partial charge is 0.342 e. The van der Waals surface area contributed by atoms with Gasteiger partial charge in [-0.25, -0.2) is 9.59 Å². The lowest BCUT2D eigenvalue weighted by Gasteiger charge is -2.15. The molecule has 0 fully saturated rings. The van der Waals surface area contributed by atoms with Crippen LogP contribution in [-0.2, 0) is 9.53 Å². The monoisotopic (exact) mass is 342 g/mol. The number of amides is 3. The largest absolute Gasteiger partial charge is 0.496 e. The third-order valence-corrected chi connectivity index (χ3v) is 2.93. The van der Waals surface area contributed by atoms with Crippen molar-refractivity contribution in [3.05, 3.63) is 28.8 Å². The summed E-state index contributed by atoms with van der Waals surface area (Å²) in [7, 11) is 1.40. The third-order valence-electron chi connectivity index (χ3n) is 2.69. The van der Waals surface area contributed by atoms with Crippen LogP contribution in [0.15, 0.2) is 18.2 Å². The van der Waals surface area contributed by atoms with Crippen molar-refractivity contribution in [3.63, 3.8) is 0 Å². The summed E-state index contributed by atoms with van der Waals surface area (Å²) in [5.41, 5.74) is 0.0891. The lowest BCUT2D eigenvalue weighted by Crippen LogP contribution is -2.46. The second-order valence-corrected chi connectivity index (χ2v) is 5.45. The van der Waals surface area contributed by atoms with Crippen LogP contribution in [0.3, 0.4) is 0 Å². The van der Waals surface area contributed by atoms with Crippen molar-refractivity contribution < 1.29 is 23.9 Å². The zero-order chi connectivity index (χ0) is 17.6. The van der Waals surface area contributed by atoms with E-state index in [-0.39, 0.29) is 17.4 Å². The highest BCUT2D eigenvalue weighted by molar-refractivity contribution is 6.31. The summed E-state index contributed by atoms with van der Waals surface area (Å²) < 4.78 is 10.1. The van der Waals surface area contributed by atoms with E-state index in [9.17, 15) is 14.4 Å². The molecule has 0 saturated carbocycles. The number of urea groups is 1. The average molecular weight is 343 g/mol. The minimum atomic E-state index is -1.16. The van der Waals surface area contributed by atoms with Crippen LogP contribution in [0.4, 0.5) is 4.79 Å². The first-order valence-corrected chi connectivity index (χ1v) is 7.28. The van der Waals surface area contributed by atoms with Crippen LogP contribution in [0.1, 0.15) is 31.1 Å². The molecule has 126 valence electrons. The second kappa shape index (κ2) is 8.38. The molecule has 1 aromatic carbocycles. The van der Waals surface area contributed by atoms with Crippen LogP contribution >= 0.6 is 11.6 Å². The number of nitrogens with one attached hydrogen (secondary N) is 2. The standard InChI is InChI=1S/C15H19ClN2O5/c1-8(2)17-15(21)18-13(19)9(3)23-14(20)11-7-10(16)5-6-12(11)22-4/h5-9H,1-4H3,(H2,17,18,19,21)/t9-/m0/s1. The summed E-state index contributed by atoms with van der Waals surface area (Å²) in [4.78, 5) is 35.4. The molecule has 0 aliphatic heterocycles. The minimum Gasteiger partial charge on any atom is -0.496 e. The molecule has 0 spiro atoms. The van der Waals surface area contributed by atoms with Gasteiger partial charge in [-0.05, 0) is 39.0 Å². The number of hydrogen-bond acceptors (Lipinski definition) is 5. The Morgan fingerprint density at radius 3 is 2.39 bits per heavy atom. The molecular weight excluding hydrogens is 324 g/mol. The molecule has 0 heterocycles. The number of hydrogen-bond donors (Lipinski definition) is 2. The zero-order valence-corrected chi connectivity index (χ0v) is 14.1. The molecule has 23 heavy (non-hydrogen) atoms. The van der Waals surface area contributed by atoms with Crippen LogP contribution in [0.25, 0.3) is 0 Å². The fourth-order valence-electron chi connectivity index (χ4n) is 1.63. The van der Waals surface area contributed by atoms with Crippen LogP contribution in [-0.4, -0.2) is 37.2 Å². The highest BCUT2D eigenvalue weighted by atomic mass is 35.5. The zero-order valence-electron chi connectivity index (χ0n) is 13.3. The van der Waals surface area contributed by atoms with E-state index in [1.165, 1.54) is 26.2 Å². The van der Waals surface area contributed by atoms with Gasteiger partial charge in [0.2, 0.25) is 0 Å². The lowest BCUT2D eigenvalue weighted by molar-refractivity contribution is -0.127. The second-order valence-electron chi connectivity index (χ2n) is 5.01. The van der Waals surface area contributed by atoms with Crippen molar-refractivity contribution in [2.75, 3.05) is 7.11 Å². The van der Waals surface area contributed by atoms with Crippen molar-refractivity contribution >= 4 is 29.5 Å². The maximum absolute atomic E-state index is 12.1. The van der Waals surface area contributed by atoms with E-state index in [4.69, 9.17) is 21.1 Å². The van der Waals surface area contributed by atoms with Gasteiger partial charge in [0.25, 0.3) is 5.91 Å². The molecule has 0 aliphatic rings. The van der Waals surface area contributed by atoms with Crippen molar-refractivity contribution in [3.8, 4) is 5.75 Å². The predicted octanol–water partition coefficient (Wildman–Crippen LogP) is 2.13. The number of carbonyl (C=O) groups excluding carboxylic acids is 3. The maximum Gasteiger partial charge on any atom is 0.342 e. The molecule has 3 amide bonds. The van der Waals surface area contributed by atoms with Crippen molar-refractivity contribution in [1.82, 2.24) is 10.6 Å². The molecule has 1 rings (SSSR count). The van der Waals surface area contributed by atoms with Crippen LogP contribution in [0.5, 0.6) is 5.75 Å². The number of methoxy groups -OCH3 is 1. The topological polar surface area (TPSA) is 93.7 Å². The van der Waals surface area contributed by atoms with Gasteiger partial charge >= 0.3 is 12.0 Å². The molecule has 0 aromatic heterocycles. The van der Waals surface area contributed by atoms with E-state index in [0.29, 0.717) is 5.02 Å². The van der Waals surface area contributed by atoms with Gasteiger partial charge in [0, 0.05) is 11.1 Å². The van der Waals surface area contributed by atoms with Gasteiger partial charge in [-0.3, -0.25) is 10.1 Å². The highest BCUT2D eigenvalue weighted by Crippen LogP contribution is 2.23. The Bertz CT molecular complexity index is 604. The quantitative estimate of drug-likeness (QED) is 0.799. The van der Waals surface area contributed by atoms with Crippen LogP contribution in [0.2, 0.25) is 5.02 Å². The highest BCUT2D eigenvalue weighted by Gasteiger charge is 2.23. The number of benzene rings is 1. The Morgan fingerprint density at radius 2 is 1.83 bits per heavy atom. The summed E-state index contributed by atoms with van der Waals surface area (Å²) in [5.74, 6) is -1.25. The molecule has 0 unspecified atom stereocenters. The number of halogens is 1. The summed E-state index contributed by atoms with van der Waals surface area (Å²) in [6.45, 7) is 4.85. The fourth-order valence-corrected chi connectivity index (χ4v) is 1.80. The molecule has 7 nitrogen and oxygen atoms in total. The van der Waals surface area contributed by atoms with E-state index < -0.39 is 24.0 Å². The summed E-state index contributed by atoms with van der Waals surface area (Å²) in [5, 5.41) is 4.90. The van der Waals surface area contributed by atoms with E-state index in [1.807, 2.05) is 0 Å². The van der Waals surface area contributed by atoms with Gasteiger partial charge in [0.05, 0.1) is 7.11 Å². The Hall–Kier alpha value is -2.28. The molecule has 0 aliphatic carbocycles. The molecule has 1 aromatic rings. The molecule has 8 heteroatoms. The van der Waals surface area contributed by atoms with Gasteiger partial charge in [-0.2, -0.15) is 0 Å². The van der Waals surface area contributed by atoms with E-state index in [2.05, 4.69) is 10.6 Å². The Labute approximate surface area is 139 Å². The first-order chi connectivity index (χ1) is 10.7. The molecular formula is C15H19ClN2O5. The summed E-state index contributed by atoms with van der Waals surface area (Å²) >= 11 is 5.84. The fraction of sp³-hybridized carbons (Fsp3) is 0.400. The maximum atomic E-state index is 12.1. The predicted molar refractivity (Wildman–Crippen MR) is 84.7 cm³/mol. The van der Waals surface area contributed by atoms with Crippen molar-refractivity contribution in [2.24, 2.45) is 0 Å². The van der Waals surface area contributed by atoms with Gasteiger partial charge in [-0.15, -0.1) is 0 Å². The summed E-state index contributed by atoms with van der Waals surface area (Å²) in [6.07, 6.45) is -1.16. The van der Waals surface area contributed by atoms with Crippen LogP contribution in [0, 0.1) is 0 Å². The molecule has 0 saturated heterocycles. The Balaban J connectivity index is 2.71. The molecule has 1 atom stereocenters. The minimum absolute atomic E-state index is 0.0891. The van der Waals surface area contributed by atoms with E-state index in [0.717, 1.165) is 0 Å². The van der Waals surface area contributed by atoms with Crippen molar-refractivity contribution in [1.29, 1.82) is 0 Å². The molecule has 0 radical (unpaired) electrons. The van der Waals surface area contributed by atoms with Gasteiger partial charge in [-0.1, -0.05) is 11.6 Å². The normalized spacial score (nSPS) is 11.6. The molecule has 2 N–H and O–H groups in total. The van der Waals surface area contributed by atoms with Crippen LogP contribution < -0.4 is 15.4 Å². The third kappa shape index (κ3) is 5.78. The van der Waals surface area contributed by atoms with Gasteiger partial charge < -0.3 is 14.8 Å². The first kappa shape index (κ1) is 18.8. The molecule has 0 bridgehead atoms. The average Bonchev–Trinajstić information content (AvgIpc) is 2.45. The van der Waals surface area contributed by atoms with E-state index in [1.54, 1.807) is 19.9 Å². The van der Waals surface area contributed by atoms with Gasteiger partial charge in [0.1, 0.15) is 11.3 Å². The van der Waals surface area contributed by atoms with Gasteiger partial charge in [0.15, 0.2) is 6.10 Å². The summed E-state index contributed by atoms with van der Waals surface area (Å²) in [6, 6.07) is 3.66. The first-order valence-electron chi connectivity index (χ1n) is 6.90. The SMILES string of the molecule is COc1ccc(Cl)cc1C(=O)O[C@@H](C)C(=O)NC(=O)NC(C)C. The van der Waals surface area contributed by atoms with Crippen molar-refractivity contribution in [2.45, 2.75) is 32.9 Å². The lowest BCUT2D eigenvalue weighted by atomic mass is 10.2. The number of esters is 1. The number of rotatable bonds is 5. The Kier molecular flexibility index (Phi) is 6.84.